The SMILES string of the molecule is NC(=O)C(Br)c1cccc(Cl)c1. The van der Waals surface area contributed by atoms with Gasteiger partial charge in [-0.25, -0.2) is 0 Å². The summed E-state index contributed by atoms with van der Waals surface area (Å²) < 4.78 is 0. The van der Waals surface area contributed by atoms with E-state index in [-0.39, 0.29) is 0 Å². The zero-order valence-corrected chi connectivity index (χ0v) is 8.47. The Bertz CT molecular complexity index is 303. The zero-order valence-electron chi connectivity index (χ0n) is 6.13. The zero-order chi connectivity index (χ0) is 9.14. The fourth-order valence-corrected chi connectivity index (χ4v) is 1.31. The summed E-state index contributed by atoms with van der Waals surface area (Å²) in [6.07, 6.45) is 0. The van der Waals surface area contributed by atoms with Crippen molar-refractivity contribution in [2.45, 2.75) is 4.83 Å². The summed E-state index contributed by atoms with van der Waals surface area (Å²) >= 11 is 8.87. The highest BCUT2D eigenvalue weighted by Gasteiger charge is 2.12. The van der Waals surface area contributed by atoms with E-state index < -0.39 is 10.7 Å². The molecule has 2 nitrogen and oxygen atoms in total. The number of nitrogens with two attached hydrogens (primary N) is 1. The molecule has 0 heterocycles. The first kappa shape index (κ1) is 9.55. The molecule has 4 heteroatoms. The van der Waals surface area contributed by atoms with E-state index in [2.05, 4.69) is 15.9 Å². The second-order valence-corrected chi connectivity index (χ2v) is 3.67. The monoisotopic (exact) mass is 247 g/mol. The summed E-state index contributed by atoms with van der Waals surface area (Å²) in [5.41, 5.74) is 5.86. The molecule has 0 bridgehead atoms. The molecule has 1 amide bonds. The number of primary amides is 1. The van der Waals surface area contributed by atoms with Crippen molar-refractivity contribution < 1.29 is 4.79 Å². The number of halogens is 2. The Labute approximate surface area is 83.8 Å². The Morgan fingerprint density at radius 1 is 1.58 bits per heavy atom. The van der Waals surface area contributed by atoms with Crippen molar-refractivity contribution in [1.82, 2.24) is 0 Å². The highest BCUT2D eigenvalue weighted by atomic mass is 79.9. The van der Waals surface area contributed by atoms with Gasteiger partial charge >= 0.3 is 0 Å². The number of carbonyl (C=O) groups excluding carboxylic acids is 1. The van der Waals surface area contributed by atoms with Crippen LogP contribution in [0.4, 0.5) is 0 Å². The number of amides is 1. The molecule has 0 saturated carbocycles. The molecule has 1 aromatic carbocycles. The standard InChI is InChI=1S/C8H7BrClNO/c9-7(8(11)12)5-2-1-3-6(10)4-5/h1-4,7H,(H2,11,12). The predicted molar refractivity (Wildman–Crippen MR) is 52.3 cm³/mol. The molecule has 0 spiro atoms. The second kappa shape index (κ2) is 3.92. The van der Waals surface area contributed by atoms with Crippen LogP contribution in [0.1, 0.15) is 10.4 Å². The lowest BCUT2D eigenvalue weighted by atomic mass is 10.1. The van der Waals surface area contributed by atoms with E-state index in [1.807, 2.05) is 0 Å². The number of hydrogen-bond acceptors (Lipinski definition) is 1. The van der Waals surface area contributed by atoms with Crippen LogP contribution in [0.15, 0.2) is 24.3 Å². The average Bonchev–Trinajstić information content (AvgIpc) is 2.03. The summed E-state index contributed by atoms with van der Waals surface area (Å²) in [6.45, 7) is 0. The first-order chi connectivity index (χ1) is 5.61. The van der Waals surface area contributed by atoms with E-state index in [1.165, 1.54) is 0 Å². The van der Waals surface area contributed by atoms with Crippen LogP contribution in [-0.2, 0) is 4.79 Å². The maximum atomic E-state index is 10.7. The van der Waals surface area contributed by atoms with Crippen molar-refractivity contribution in [3.63, 3.8) is 0 Å². The molecule has 1 rings (SSSR count). The molecule has 0 radical (unpaired) electrons. The van der Waals surface area contributed by atoms with Gasteiger partial charge in [-0.3, -0.25) is 4.79 Å². The average molecular weight is 249 g/mol. The minimum Gasteiger partial charge on any atom is -0.368 e. The van der Waals surface area contributed by atoms with Crippen molar-refractivity contribution in [3.8, 4) is 0 Å². The van der Waals surface area contributed by atoms with E-state index >= 15 is 0 Å². The molecule has 1 atom stereocenters. The van der Waals surface area contributed by atoms with Crippen LogP contribution < -0.4 is 5.73 Å². The maximum Gasteiger partial charge on any atom is 0.235 e. The minimum atomic E-state index is -0.462. The minimum absolute atomic E-state index is 0.419. The first-order valence-electron chi connectivity index (χ1n) is 3.30. The lowest BCUT2D eigenvalue weighted by molar-refractivity contribution is -0.117. The largest absolute Gasteiger partial charge is 0.368 e. The van der Waals surface area contributed by atoms with Crippen molar-refractivity contribution >= 4 is 33.4 Å². The third-order valence-electron chi connectivity index (χ3n) is 1.39. The predicted octanol–water partition coefficient (Wildman–Crippen LogP) is 2.26. The van der Waals surface area contributed by atoms with Gasteiger partial charge in [0.05, 0.1) is 0 Å². The van der Waals surface area contributed by atoms with Crippen molar-refractivity contribution in [2.24, 2.45) is 5.73 Å². The molecule has 12 heavy (non-hydrogen) atoms. The quantitative estimate of drug-likeness (QED) is 0.802. The van der Waals surface area contributed by atoms with Gasteiger partial charge in [0.2, 0.25) is 5.91 Å². The van der Waals surface area contributed by atoms with E-state index in [1.54, 1.807) is 24.3 Å². The van der Waals surface area contributed by atoms with Crippen LogP contribution in [-0.4, -0.2) is 5.91 Å². The summed E-state index contributed by atoms with van der Waals surface area (Å²) in [4.78, 5) is 10.3. The van der Waals surface area contributed by atoms with E-state index in [9.17, 15) is 4.79 Å². The molecule has 64 valence electrons. The van der Waals surface area contributed by atoms with E-state index in [0.717, 1.165) is 5.56 Å². The molecule has 0 aromatic heterocycles. The highest BCUT2D eigenvalue weighted by molar-refractivity contribution is 9.09. The molecule has 0 aliphatic rings. The summed E-state index contributed by atoms with van der Waals surface area (Å²) in [6, 6.07) is 7.00. The van der Waals surface area contributed by atoms with Crippen molar-refractivity contribution in [2.75, 3.05) is 0 Å². The van der Waals surface area contributed by atoms with Gasteiger partial charge in [0.15, 0.2) is 0 Å². The van der Waals surface area contributed by atoms with Crippen molar-refractivity contribution in [3.05, 3.63) is 34.9 Å². The first-order valence-corrected chi connectivity index (χ1v) is 4.59. The van der Waals surface area contributed by atoms with Gasteiger partial charge < -0.3 is 5.73 Å². The van der Waals surface area contributed by atoms with Crippen LogP contribution in [0.25, 0.3) is 0 Å². The Balaban J connectivity index is 2.95. The van der Waals surface area contributed by atoms with Crippen molar-refractivity contribution in [1.29, 1.82) is 0 Å². The fraction of sp³-hybridized carbons (Fsp3) is 0.125. The third kappa shape index (κ3) is 2.22. The number of carbonyl (C=O) groups is 1. The number of alkyl halides is 1. The normalized spacial score (nSPS) is 12.5. The van der Waals surface area contributed by atoms with Gasteiger partial charge in [-0.05, 0) is 17.7 Å². The van der Waals surface area contributed by atoms with Gasteiger partial charge in [-0.2, -0.15) is 0 Å². The van der Waals surface area contributed by atoms with Crippen LogP contribution in [0.2, 0.25) is 5.02 Å². The highest BCUT2D eigenvalue weighted by Crippen LogP contribution is 2.24. The van der Waals surface area contributed by atoms with Crippen LogP contribution in [0.3, 0.4) is 0 Å². The van der Waals surface area contributed by atoms with Gasteiger partial charge in [0.25, 0.3) is 0 Å². The van der Waals surface area contributed by atoms with Gasteiger partial charge in [0.1, 0.15) is 4.83 Å². The summed E-state index contributed by atoms with van der Waals surface area (Å²) in [5.74, 6) is -0.419. The molecular weight excluding hydrogens is 241 g/mol. The van der Waals surface area contributed by atoms with Crippen LogP contribution in [0.5, 0.6) is 0 Å². The molecular formula is C8H7BrClNO. The van der Waals surface area contributed by atoms with Gasteiger partial charge in [0, 0.05) is 5.02 Å². The molecule has 2 N–H and O–H groups in total. The number of rotatable bonds is 2. The smallest absolute Gasteiger partial charge is 0.235 e. The Morgan fingerprint density at radius 3 is 2.75 bits per heavy atom. The molecule has 1 unspecified atom stereocenters. The van der Waals surface area contributed by atoms with Gasteiger partial charge in [-0.1, -0.05) is 39.7 Å². The van der Waals surface area contributed by atoms with Crippen LogP contribution >= 0.6 is 27.5 Å². The third-order valence-corrected chi connectivity index (χ3v) is 2.61. The van der Waals surface area contributed by atoms with E-state index in [0.29, 0.717) is 5.02 Å². The molecule has 0 aliphatic heterocycles. The molecule has 0 aliphatic carbocycles. The lowest BCUT2D eigenvalue weighted by Crippen LogP contribution is -2.16. The Hall–Kier alpha value is -0.540. The molecule has 0 saturated heterocycles. The topological polar surface area (TPSA) is 43.1 Å². The second-order valence-electron chi connectivity index (χ2n) is 2.32. The van der Waals surface area contributed by atoms with E-state index in [4.69, 9.17) is 17.3 Å². The molecule has 1 aromatic rings. The lowest BCUT2D eigenvalue weighted by Gasteiger charge is -2.04. The summed E-state index contributed by atoms with van der Waals surface area (Å²) in [5, 5.41) is 0.596. The fourth-order valence-electron chi connectivity index (χ4n) is 0.829. The Morgan fingerprint density at radius 2 is 2.25 bits per heavy atom. The van der Waals surface area contributed by atoms with Crippen LogP contribution in [0, 0.1) is 0 Å². The number of benzene rings is 1. The Kier molecular flexibility index (Phi) is 3.12. The van der Waals surface area contributed by atoms with Gasteiger partial charge in [-0.15, -0.1) is 0 Å². The summed E-state index contributed by atoms with van der Waals surface area (Å²) in [7, 11) is 0. The molecule has 0 fully saturated rings. The number of hydrogen-bond donors (Lipinski definition) is 1. The maximum absolute atomic E-state index is 10.7.